The van der Waals surface area contributed by atoms with E-state index >= 15 is 0 Å². The number of aromatic nitrogens is 3. The Morgan fingerprint density at radius 2 is 2.33 bits per heavy atom. The highest BCUT2D eigenvalue weighted by Crippen LogP contribution is 2.19. The van der Waals surface area contributed by atoms with Gasteiger partial charge >= 0.3 is 0 Å². The van der Waals surface area contributed by atoms with E-state index in [1.54, 1.807) is 12.4 Å². The number of halogens is 1. The molecule has 3 nitrogen and oxygen atoms in total. The van der Waals surface area contributed by atoms with Gasteiger partial charge in [-0.15, -0.1) is 0 Å². The van der Waals surface area contributed by atoms with Gasteiger partial charge in [-0.1, -0.05) is 0 Å². The monoisotopic (exact) mass is 241 g/mol. The van der Waals surface area contributed by atoms with E-state index < -0.39 is 0 Å². The summed E-state index contributed by atoms with van der Waals surface area (Å²) in [5.41, 5.74) is 0.944. The molecule has 0 fully saturated rings. The van der Waals surface area contributed by atoms with Crippen molar-refractivity contribution < 1.29 is 0 Å². The van der Waals surface area contributed by atoms with Gasteiger partial charge in [-0.25, -0.2) is 4.98 Å². The lowest BCUT2D eigenvalue weighted by atomic mass is 10.3. The fourth-order valence-corrected chi connectivity index (χ4v) is 1.64. The van der Waals surface area contributed by atoms with E-state index in [-0.39, 0.29) is 0 Å². The lowest BCUT2D eigenvalue weighted by Crippen LogP contribution is -1.80. The molecule has 0 radical (unpaired) electrons. The first kappa shape index (κ1) is 7.82. The van der Waals surface area contributed by atoms with Crippen molar-refractivity contribution in [1.29, 1.82) is 0 Å². The second kappa shape index (κ2) is 3.28. The Kier molecular flexibility index (Phi) is 2.14. The van der Waals surface area contributed by atoms with Crippen LogP contribution < -0.4 is 0 Å². The Bertz CT molecular complexity index is 373. The maximum absolute atomic E-state index is 4.16. The summed E-state index contributed by atoms with van der Waals surface area (Å²) in [4.78, 5) is 8.14. The lowest BCUT2D eigenvalue weighted by Gasteiger charge is -1.90. The Morgan fingerprint density at radius 3 is 2.92 bits per heavy atom. The largest absolute Gasteiger partial charge is 0.264 e. The smallest absolute Gasteiger partial charge is 0.179 e. The molecular formula is C7H4BrN3S. The van der Waals surface area contributed by atoms with E-state index in [9.17, 15) is 0 Å². The molecular weight excluding hydrogens is 238 g/mol. The summed E-state index contributed by atoms with van der Waals surface area (Å²) in [6, 6.07) is 3.80. The quantitative estimate of drug-likeness (QED) is 0.770. The van der Waals surface area contributed by atoms with E-state index in [4.69, 9.17) is 0 Å². The first-order valence-corrected chi connectivity index (χ1v) is 4.82. The maximum atomic E-state index is 4.16. The van der Waals surface area contributed by atoms with Crippen molar-refractivity contribution in [3.05, 3.63) is 28.4 Å². The summed E-state index contributed by atoms with van der Waals surface area (Å²) in [7, 11) is 0. The van der Waals surface area contributed by atoms with Gasteiger partial charge < -0.3 is 0 Å². The molecule has 0 saturated heterocycles. The van der Waals surface area contributed by atoms with Gasteiger partial charge in [0.1, 0.15) is 0 Å². The summed E-state index contributed by atoms with van der Waals surface area (Å²) < 4.78 is 4.92. The molecule has 2 aromatic rings. The van der Waals surface area contributed by atoms with Gasteiger partial charge in [-0.05, 0) is 39.6 Å². The molecule has 2 heterocycles. The van der Waals surface area contributed by atoms with Crippen LogP contribution in [0, 0.1) is 0 Å². The van der Waals surface area contributed by atoms with E-state index in [1.165, 1.54) is 11.5 Å². The summed E-state index contributed by atoms with van der Waals surface area (Å²) >= 11 is 4.58. The molecule has 0 aliphatic rings. The molecule has 0 aliphatic heterocycles. The van der Waals surface area contributed by atoms with Gasteiger partial charge in [0.15, 0.2) is 9.74 Å². The minimum absolute atomic E-state index is 0.722. The highest BCUT2D eigenvalue weighted by Gasteiger charge is 2.02. The van der Waals surface area contributed by atoms with Crippen LogP contribution in [0.25, 0.3) is 11.4 Å². The lowest BCUT2D eigenvalue weighted by molar-refractivity contribution is 1.26. The number of hydrogen-bond acceptors (Lipinski definition) is 4. The third kappa shape index (κ3) is 1.51. The minimum atomic E-state index is 0.722. The van der Waals surface area contributed by atoms with Gasteiger partial charge in [0.2, 0.25) is 0 Å². The summed E-state index contributed by atoms with van der Waals surface area (Å²) in [5, 5.41) is 0. The number of rotatable bonds is 1. The Labute approximate surface area is 81.8 Å². The van der Waals surface area contributed by atoms with Crippen LogP contribution in [0.15, 0.2) is 28.4 Å². The van der Waals surface area contributed by atoms with E-state index in [1.807, 2.05) is 12.1 Å². The molecule has 0 amide bonds. The fraction of sp³-hybridized carbons (Fsp3) is 0. The van der Waals surface area contributed by atoms with Crippen LogP contribution in [-0.4, -0.2) is 14.3 Å². The first-order chi connectivity index (χ1) is 5.86. The molecule has 0 aliphatic carbocycles. The standard InChI is InChI=1S/C7H4BrN3S/c8-7-10-6(11-12-7)5-2-1-3-9-4-5/h1-4H. The zero-order chi connectivity index (χ0) is 8.39. The van der Waals surface area contributed by atoms with Gasteiger partial charge in [0.05, 0.1) is 0 Å². The normalized spacial score (nSPS) is 10.1. The van der Waals surface area contributed by atoms with Crippen molar-refractivity contribution in [2.75, 3.05) is 0 Å². The second-order valence-corrected chi connectivity index (χ2v) is 4.14. The molecule has 0 unspecified atom stereocenters. The van der Waals surface area contributed by atoms with Crippen LogP contribution in [0.5, 0.6) is 0 Å². The number of hydrogen-bond donors (Lipinski definition) is 0. The summed E-state index contributed by atoms with van der Waals surface area (Å²) in [6.45, 7) is 0. The summed E-state index contributed by atoms with van der Waals surface area (Å²) in [6.07, 6.45) is 3.47. The van der Waals surface area contributed by atoms with Gasteiger partial charge in [0, 0.05) is 18.0 Å². The fourth-order valence-electron chi connectivity index (χ4n) is 0.817. The third-order valence-electron chi connectivity index (χ3n) is 1.32. The van der Waals surface area contributed by atoms with Gasteiger partial charge in [0.25, 0.3) is 0 Å². The van der Waals surface area contributed by atoms with Crippen LogP contribution in [0.1, 0.15) is 0 Å². The number of nitrogens with zero attached hydrogens (tertiary/aromatic N) is 3. The van der Waals surface area contributed by atoms with Gasteiger partial charge in [-0.3, -0.25) is 4.98 Å². The van der Waals surface area contributed by atoms with Crippen LogP contribution in [-0.2, 0) is 0 Å². The topological polar surface area (TPSA) is 38.7 Å². The average Bonchev–Trinajstić information content (AvgIpc) is 2.54. The first-order valence-electron chi connectivity index (χ1n) is 3.26. The molecule has 0 N–H and O–H groups in total. The van der Waals surface area contributed by atoms with Crippen molar-refractivity contribution in [2.24, 2.45) is 0 Å². The molecule has 2 aromatic heterocycles. The van der Waals surface area contributed by atoms with E-state index in [2.05, 4.69) is 30.3 Å². The third-order valence-corrected chi connectivity index (χ3v) is 2.44. The highest BCUT2D eigenvalue weighted by atomic mass is 79.9. The van der Waals surface area contributed by atoms with Crippen LogP contribution >= 0.6 is 27.5 Å². The molecule has 0 aromatic carbocycles. The molecule has 0 saturated carbocycles. The van der Waals surface area contributed by atoms with Crippen molar-refractivity contribution in [3.63, 3.8) is 0 Å². The summed E-state index contributed by atoms with van der Waals surface area (Å²) in [5.74, 6) is 0.722. The second-order valence-electron chi connectivity index (χ2n) is 2.11. The predicted molar refractivity (Wildman–Crippen MR) is 50.8 cm³/mol. The average molecular weight is 242 g/mol. The van der Waals surface area contributed by atoms with Crippen LogP contribution in [0.3, 0.4) is 0 Å². The van der Waals surface area contributed by atoms with Crippen LogP contribution in [0.2, 0.25) is 0 Å². The van der Waals surface area contributed by atoms with Crippen molar-refractivity contribution in [3.8, 4) is 11.4 Å². The molecule has 12 heavy (non-hydrogen) atoms. The van der Waals surface area contributed by atoms with E-state index in [0.717, 1.165) is 15.3 Å². The van der Waals surface area contributed by atoms with Crippen molar-refractivity contribution >= 4 is 27.5 Å². The Hall–Kier alpha value is -0.810. The molecule has 0 spiro atoms. The van der Waals surface area contributed by atoms with Crippen molar-refractivity contribution in [2.45, 2.75) is 0 Å². The minimum Gasteiger partial charge on any atom is -0.264 e. The molecule has 5 heteroatoms. The molecule has 2 rings (SSSR count). The van der Waals surface area contributed by atoms with E-state index in [0.29, 0.717) is 0 Å². The molecule has 0 bridgehead atoms. The van der Waals surface area contributed by atoms with Crippen molar-refractivity contribution in [1.82, 2.24) is 14.3 Å². The molecule has 60 valence electrons. The highest BCUT2D eigenvalue weighted by molar-refractivity contribution is 9.11. The Balaban J connectivity index is 2.45. The zero-order valence-corrected chi connectivity index (χ0v) is 8.34. The van der Waals surface area contributed by atoms with Crippen LogP contribution in [0.4, 0.5) is 0 Å². The van der Waals surface area contributed by atoms with Gasteiger partial charge in [-0.2, -0.15) is 4.37 Å². The SMILES string of the molecule is Brc1nc(-c2cccnc2)ns1. The number of pyridine rings is 1. The molecule has 0 atom stereocenters. The zero-order valence-electron chi connectivity index (χ0n) is 5.94. The predicted octanol–water partition coefficient (Wildman–Crippen LogP) is 2.36. The maximum Gasteiger partial charge on any atom is 0.179 e. The Morgan fingerprint density at radius 1 is 1.42 bits per heavy atom.